The maximum Gasteiger partial charge on any atom is 0.108 e. The number of halogens is 1. The predicted octanol–water partition coefficient (Wildman–Crippen LogP) is 2.78. The Hall–Kier alpha value is -1.10. The lowest BCUT2D eigenvalue weighted by atomic mass is 10.3. The second-order valence-corrected chi connectivity index (χ2v) is 4.83. The minimum Gasteiger partial charge on any atom is -0.382 e. The molecule has 0 spiro atoms. The van der Waals surface area contributed by atoms with Crippen LogP contribution >= 0.6 is 11.6 Å². The Balaban J connectivity index is 1.72. The standard InChI is InChI=1S/C14H20ClN3O/c1-2-19-9-3-7-16-8-6-14-17-12-5-4-11(15)10-13(12)18-14/h4-5,10,16H,2-3,6-9H2,1H3,(H,17,18). The van der Waals surface area contributed by atoms with E-state index in [2.05, 4.69) is 15.3 Å². The van der Waals surface area contributed by atoms with E-state index in [9.17, 15) is 0 Å². The first-order valence-electron chi connectivity index (χ1n) is 6.72. The smallest absolute Gasteiger partial charge is 0.108 e. The van der Waals surface area contributed by atoms with Gasteiger partial charge in [-0.3, -0.25) is 0 Å². The van der Waals surface area contributed by atoms with Gasteiger partial charge >= 0.3 is 0 Å². The van der Waals surface area contributed by atoms with Crippen LogP contribution in [0.1, 0.15) is 19.2 Å². The minimum atomic E-state index is 0.733. The number of hydrogen-bond acceptors (Lipinski definition) is 3. The Kier molecular flexibility index (Phi) is 5.63. The Labute approximate surface area is 118 Å². The van der Waals surface area contributed by atoms with Gasteiger partial charge in [-0.1, -0.05) is 11.6 Å². The van der Waals surface area contributed by atoms with Gasteiger partial charge < -0.3 is 15.0 Å². The van der Waals surface area contributed by atoms with Crippen LogP contribution in [0.2, 0.25) is 5.02 Å². The van der Waals surface area contributed by atoms with Crippen molar-refractivity contribution >= 4 is 22.6 Å². The summed E-state index contributed by atoms with van der Waals surface area (Å²) >= 11 is 5.94. The number of aromatic amines is 1. The molecule has 19 heavy (non-hydrogen) atoms. The molecule has 104 valence electrons. The molecule has 1 aromatic carbocycles. The quantitative estimate of drug-likeness (QED) is 0.732. The van der Waals surface area contributed by atoms with E-state index in [1.165, 1.54) is 0 Å². The van der Waals surface area contributed by atoms with Gasteiger partial charge in [-0.2, -0.15) is 0 Å². The average Bonchev–Trinajstić information content (AvgIpc) is 2.79. The van der Waals surface area contributed by atoms with Crippen LogP contribution in [0.4, 0.5) is 0 Å². The number of nitrogens with zero attached hydrogens (tertiary/aromatic N) is 1. The SMILES string of the molecule is CCOCCCNCCc1nc2ccc(Cl)cc2[nH]1. The first-order valence-corrected chi connectivity index (χ1v) is 7.10. The molecule has 0 aliphatic carbocycles. The van der Waals surface area contributed by atoms with E-state index in [1.54, 1.807) is 0 Å². The van der Waals surface area contributed by atoms with Gasteiger partial charge in [0, 0.05) is 31.2 Å². The van der Waals surface area contributed by atoms with Gasteiger partial charge in [0.15, 0.2) is 0 Å². The Morgan fingerprint density at radius 3 is 3.11 bits per heavy atom. The van der Waals surface area contributed by atoms with Crippen molar-refractivity contribution in [3.8, 4) is 0 Å². The van der Waals surface area contributed by atoms with Gasteiger partial charge in [0.2, 0.25) is 0 Å². The fourth-order valence-corrected chi connectivity index (χ4v) is 2.10. The minimum absolute atomic E-state index is 0.733. The zero-order valence-corrected chi connectivity index (χ0v) is 12.0. The van der Waals surface area contributed by atoms with Gasteiger partial charge in [0.25, 0.3) is 0 Å². The van der Waals surface area contributed by atoms with Gasteiger partial charge in [-0.05, 0) is 38.1 Å². The number of imidazole rings is 1. The zero-order valence-electron chi connectivity index (χ0n) is 11.2. The largest absolute Gasteiger partial charge is 0.382 e. The molecule has 0 atom stereocenters. The molecule has 0 bridgehead atoms. The van der Waals surface area contributed by atoms with Gasteiger partial charge in [0.1, 0.15) is 5.82 Å². The van der Waals surface area contributed by atoms with Crippen molar-refractivity contribution in [2.75, 3.05) is 26.3 Å². The number of rotatable bonds is 8. The molecule has 1 heterocycles. The summed E-state index contributed by atoms with van der Waals surface area (Å²) in [5.74, 6) is 0.995. The van der Waals surface area contributed by atoms with Crippen molar-refractivity contribution in [1.82, 2.24) is 15.3 Å². The fourth-order valence-electron chi connectivity index (χ4n) is 1.93. The molecule has 2 rings (SSSR count). The third-order valence-electron chi connectivity index (χ3n) is 2.88. The van der Waals surface area contributed by atoms with Crippen molar-refractivity contribution in [3.63, 3.8) is 0 Å². The summed E-state index contributed by atoms with van der Waals surface area (Å²) in [5, 5.41) is 4.12. The van der Waals surface area contributed by atoms with Crippen LogP contribution in [-0.4, -0.2) is 36.3 Å². The number of aromatic nitrogens is 2. The molecular formula is C14H20ClN3O. The summed E-state index contributed by atoms with van der Waals surface area (Å²) in [7, 11) is 0. The molecule has 0 saturated heterocycles. The molecule has 0 fully saturated rings. The molecule has 0 aliphatic rings. The van der Waals surface area contributed by atoms with E-state index >= 15 is 0 Å². The average molecular weight is 282 g/mol. The number of nitrogens with one attached hydrogen (secondary N) is 2. The summed E-state index contributed by atoms with van der Waals surface area (Å²) in [6.45, 7) is 5.53. The summed E-state index contributed by atoms with van der Waals surface area (Å²) < 4.78 is 5.28. The number of hydrogen-bond donors (Lipinski definition) is 2. The summed E-state index contributed by atoms with van der Waals surface area (Å²) in [6, 6.07) is 5.70. The van der Waals surface area contributed by atoms with Crippen molar-refractivity contribution in [1.29, 1.82) is 0 Å². The Bertz CT molecular complexity index is 512. The van der Waals surface area contributed by atoms with Crippen LogP contribution in [0, 0.1) is 0 Å². The first-order chi connectivity index (χ1) is 9.29. The molecule has 0 amide bonds. The third kappa shape index (κ3) is 4.49. The molecule has 2 N–H and O–H groups in total. The van der Waals surface area contributed by atoms with Crippen LogP contribution in [0.25, 0.3) is 11.0 Å². The summed E-state index contributed by atoms with van der Waals surface area (Å²) in [4.78, 5) is 7.81. The zero-order chi connectivity index (χ0) is 13.5. The molecule has 0 aliphatic heterocycles. The molecule has 5 heteroatoms. The van der Waals surface area contributed by atoms with Crippen molar-refractivity contribution in [2.24, 2.45) is 0 Å². The number of H-pyrrole nitrogens is 1. The molecule has 4 nitrogen and oxygen atoms in total. The number of benzene rings is 1. The highest BCUT2D eigenvalue weighted by Crippen LogP contribution is 2.17. The van der Waals surface area contributed by atoms with E-state index < -0.39 is 0 Å². The van der Waals surface area contributed by atoms with E-state index in [0.717, 1.165) is 61.0 Å². The lowest BCUT2D eigenvalue weighted by Gasteiger charge is -2.03. The van der Waals surface area contributed by atoms with Crippen molar-refractivity contribution in [2.45, 2.75) is 19.8 Å². The van der Waals surface area contributed by atoms with Crippen molar-refractivity contribution < 1.29 is 4.74 Å². The Morgan fingerprint density at radius 1 is 1.37 bits per heavy atom. The topological polar surface area (TPSA) is 49.9 Å². The van der Waals surface area contributed by atoms with Crippen molar-refractivity contribution in [3.05, 3.63) is 29.0 Å². The highest BCUT2D eigenvalue weighted by Gasteiger charge is 2.02. The third-order valence-corrected chi connectivity index (χ3v) is 3.11. The lowest BCUT2D eigenvalue weighted by molar-refractivity contribution is 0.145. The Morgan fingerprint density at radius 2 is 2.26 bits per heavy atom. The molecule has 0 radical (unpaired) electrons. The molecule has 0 saturated carbocycles. The first kappa shape index (κ1) is 14.3. The predicted molar refractivity (Wildman–Crippen MR) is 78.8 cm³/mol. The normalized spacial score (nSPS) is 11.3. The van der Waals surface area contributed by atoms with Crippen LogP contribution in [-0.2, 0) is 11.2 Å². The highest BCUT2D eigenvalue weighted by molar-refractivity contribution is 6.31. The van der Waals surface area contributed by atoms with Crippen LogP contribution < -0.4 is 5.32 Å². The second kappa shape index (κ2) is 7.48. The van der Waals surface area contributed by atoms with Crippen LogP contribution in [0.15, 0.2) is 18.2 Å². The van der Waals surface area contributed by atoms with E-state index in [-0.39, 0.29) is 0 Å². The molecule has 1 aromatic heterocycles. The van der Waals surface area contributed by atoms with E-state index in [1.807, 2.05) is 25.1 Å². The molecular weight excluding hydrogens is 262 g/mol. The van der Waals surface area contributed by atoms with Crippen LogP contribution in [0.3, 0.4) is 0 Å². The van der Waals surface area contributed by atoms with Gasteiger partial charge in [-0.25, -0.2) is 4.98 Å². The number of ether oxygens (including phenoxy) is 1. The highest BCUT2D eigenvalue weighted by atomic mass is 35.5. The summed E-state index contributed by atoms with van der Waals surface area (Å²) in [6.07, 6.45) is 1.94. The van der Waals surface area contributed by atoms with E-state index in [4.69, 9.17) is 16.3 Å². The molecule has 2 aromatic rings. The van der Waals surface area contributed by atoms with Gasteiger partial charge in [0.05, 0.1) is 11.0 Å². The lowest BCUT2D eigenvalue weighted by Crippen LogP contribution is -2.20. The number of fused-ring (bicyclic) bond motifs is 1. The maximum atomic E-state index is 5.94. The summed E-state index contributed by atoms with van der Waals surface area (Å²) in [5.41, 5.74) is 1.97. The second-order valence-electron chi connectivity index (χ2n) is 4.40. The van der Waals surface area contributed by atoms with Crippen LogP contribution in [0.5, 0.6) is 0 Å². The maximum absolute atomic E-state index is 5.94. The van der Waals surface area contributed by atoms with E-state index in [0.29, 0.717) is 0 Å². The monoisotopic (exact) mass is 281 g/mol. The fraction of sp³-hybridized carbons (Fsp3) is 0.500. The molecule has 0 unspecified atom stereocenters. The van der Waals surface area contributed by atoms with Gasteiger partial charge in [-0.15, -0.1) is 0 Å².